The molecule has 1 unspecified atom stereocenters. The van der Waals surface area contributed by atoms with Crippen molar-refractivity contribution in [1.29, 1.82) is 0 Å². The van der Waals surface area contributed by atoms with Crippen molar-refractivity contribution in [2.24, 2.45) is 5.73 Å². The number of imidazole rings is 1. The van der Waals surface area contributed by atoms with Gasteiger partial charge in [0.2, 0.25) is 0 Å². The third-order valence-corrected chi connectivity index (χ3v) is 4.46. The van der Waals surface area contributed by atoms with E-state index in [1.165, 1.54) is 0 Å². The van der Waals surface area contributed by atoms with Crippen LogP contribution in [0.4, 0.5) is 0 Å². The summed E-state index contributed by atoms with van der Waals surface area (Å²) in [7, 11) is 0. The van der Waals surface area contributed by atoms with Crippen LogP contribution in [0.15, 0.2) is 66.9 Å². The molecular weight excluding hydrogens is 298 g/mol. The molecular formula is C20H19N3O. The van der Waals surface area contributed by atoms with E-state index in [0.717, 1.165) is 33.8 Å². The van der Waals surface area contributed by atoms with E-state index in [2.05, 4.69) is 9.97 Å². The van der Waals surface area contributed by atoms with Gasteiger partial charge in [-0.3, -0.25) is 0 Å². The highest BCUT2D eigenvalue weighted by Gasteiger charge is 2.23. The molecule has 24 heavy (non-hydrogen) atoms. The zero-order chi connectivity index (χ0) is 16.5. The van der Waals surface area contributed by atoms with Gasteiger partial charge in [0, 0.05) is 0 Å². The van der Waals surface area contributed by atoms with Crippen LogP contribution < -0.4 is 5.73 Å². The molecule has 2 aromatic carbocycles. The van der Waals surface area contributed by atoms with E-state index >= 15 is 0 Å². The summed E-state index contributed by atoms with van der Waals surface area (Å²) in [4.78, 5) is 7.75. The molecule has 1 aliphatic carbocycles. The Morgan fingerprint density at radius 2 is 1.83 bits per heavy atom. The van der Waals surface area contributed by atoms with Gasteiger partial charge in [0.05, 0.1) is 24.0 Å². The maximum Gasteiger partial charge on any atom is 0.123 e. The number of nitrogens with zero attached hydrogens (tertiary/aromatic N) is 1. The standard InChI is InChI=1S/C20H19N3O/c21-17(10-14-11-19(24)16-9-5-4-8-15(14)16)20-22-12-18(23-20)13-6-2-1-3-7-13/h1-9,11-12,17,19,24H,10,21H2,(H,22,23)/t17?,19-/m1/s1. The van der Waals surface area contributed by atoms with Crippen molar-refractivity contribution < 1.29 is 5.11 Å². The molecule has 4 nitrogen and oxygen atoms in total. The van der Waals surface area contributed by atoms with Crippen LogP contribution in [0.5, 0.6) is 0 Å². The lowest BCUT2D eigenvalue weighted by molar-refractivity contribution is 0.232. The number of H-pyrrole nitrogens is 1. The lowest BCUT2D eigenvalue weighted by Crippen LogP contribution is -2.12. The molecule has 1 aromatic heterocycles. The van der Waals surface area contributed by atoms with Gasteiger partial charge in [-0.25, -0.2) is 4.98 Å². The van der Waals surface area contributed by atoms with Crippen LogP contribution in [0, 0.1) is 0 Å². The van der Waals surface area contributed by atoms with Crippen LogP contribution in [0.25, 0.3) is 16.8 Å². The van der Waals surface area contributed by atoms with Crippen molar-refractivity contribution in [2.75, 3.05) is 0 Å². The number of aliphatic hydroxyl groups excluding tert-OH is 1. The van der Waals surface area contributed by atoms with E-state index in [-0.39, 0.29) is 6.04 Å². The Balaban J connectivity index is 1.55. The molecule has 0 aliphatic heterocycles. The highest BCUT2D eigenvalue weighted by atomic mass is 16.3. The van der Waals surface area contributed by atoms with Crippen molar-refractivity contribution in [3.05, 3.63) is 83.8 Å². The molecule has 0 radical (unpaired) electrons. The average molecular weight is 317 g/mol. The number of hydrogen-bond donors (Lipinski definition) is 3. The molecule has 2 atom stereocenters. The fraction of sp³-hybridized carbons (Fsp3) is 0.150. The summed E-state index contributed by atoms with van der Waals surface area (Å²) in [5.41, 5.74) is 11.5. The zero-order valence-electron chi connectivity index (χ0n) is 13.2. The van der Waals surface area contributed by atoms with E-state index in [4.69, 9.17) is 5.73 Å². The van der Waals surface area contributed by atoms with Gasteiger partial charge in [-0.1, -0.05) is 54.6 Å². The number of benzene rings is 2. The maximum atomic E-state index is 10.1. The summed E-state index contributed by atoms with van der Waals surface area (Å²) in [6, 6.07) is 17.7. The molecule has 4 rings (SSSR count). The average Bonchev–Trinajstić information content (AvgIpc) is 3.22. The molecule has 0 bridgehead atoms. The van der Waals surface area contributed by atoms with Gasteiger partial charge in [-0.2, -0.15) is 0 Å². The highest BCUT2D eigenvalue weighted by Crippen LogP contribution is 2.38. The third kappa shape index (κ3) is 2.66. The summed E-state index contributed by atoms with van der Waals surface area (Å²) in [5.74, 6) is 0.758. The molecule has 0 amide bonds. The third-order valence-electron chi connectivity index (χ3n) is 4.46. The number of aromatic amines is 1. The van der Waals surface area contributed by atoms with Crippen molar-refractivity contribution in [1.82, 2.24) is 9.97 Å². The molecule has 4 heteroatoms. The number of aliphatic hydroxyl groups is 1. The van der Waals surface area contributed by atoms with Gasteiger partial charge in [0.1, 0.15) is 5.82 Å². The van der Waals surface area contributed by atoms with Gasteiger partial charge >= 0.3 is 0 Å². The minimum Gasteiger partial charge on any atom is -0.384 e. The fourth-order valence-electron chi connectivity index (χ4n) is 3.22. The first kappa shape index (κ1) is 14.9. The molecule has 3 aromatic rings. The van der Waals surface area contributed by atoms with Gasteiger partial charge in [0.15, 0.2) is 0 Å². The number of fused-ring (bicyclic) bond motifs is 1. The molecule has 1 aliphatic rings. The van der Waals surface area contributed by atoms with E-state index < -0.39 is 6.10 Å². The molecule has 0 fully saturated rings. The van der Waals surface area contributed by atoms with Crippen LogP contribution >= 0.6 is 0 Å². The lowest BCUT2D eigenvalue weighted by Gasteiger charge is -2.11. The SMILES string of the molecule is NC(CC1=C[C@@H](O)c2ccccc21)c1ncc(-c2ccccc2)[nH]1. The Bertz CT molecular complexity index is 883. The number of aromatic nitrogens is 2. The number of nitrogens with one attached hydrogen (secondary N) is 1. The smallest absolute Gasteiger partial charge is 0.123 e. The fourth-order valence-corrected chi connectivity index (χ4v) is 3.22. The van der Waals surface area contributed by atoms with Gasteiger partial charge in [-0.05, 0) is 34.8 Å². The minimum absolute atomic E-state index is 0.243. The zero-order valence-corrected chi connectivity index (χ0v) is 13.2. The first-order chi connectivity index (χ1) is 11.7. The van der Waals surface area contributed by atoms with Crippen LogP contribution in [0.3, 0.4) is 0 Å². The number of nitrogens with two attached hydrogens (primary N) is 1. The Morgan fingerprint density at radius 3 is 2.67 bits per heavy atom. The van der Waals surface area contributed by atoms with E-state index in [9.17, 15) is 5.11 Å². The molecule has 120 valence electrons. The van der Waals surface area contributed by atoms with Crippen LogP contribution in [-0.2, 0) is 0 Å². The first-order valence-corrected chi connectivity index (χ1v) is 8.06. The highest BCUT2D eigenvalue weighted by molar-refractivity contribution is 5.74. The van der Waals surface area contributed by atoms with Crippen LogP contribution in [0.1, 0.15) is 35.5 Å². The van der Waals surface area contributed by atoms with Crippen molar-refractivity contribution in [2.45, 2.75) is 18.6 Å². The predicted molar refractivity (Wildman–Crippen MR) is 94.9 cm³/mol. The second-order valence-electron chi connectivity index (χ2n) is 6.08. The van der Waals surface area contributed by atoms with E-state index in [0.29, 0.717) is 6.42 Å². The Kier molecular flexibility index (Phi) is 3.76. The van der Waals surface area contributed by atoms with Gasteiger partial charge < -0.3 is 15.8 Å². The Hall–Kier alpha value is -2.69. The summed E-state index contributed by atoms with van der Waals surface area (Å²) >= 11 is 0. The van der Waals surface area contributed by atoms with E-state index in [1.807, 2.05) is 66.9 Å². The Labute approximate surface area is 140 Å². The van der Waals surface area contributed by atoms with Crippen LogP contribution in [0.2, 0.25) is 0 Å². The molecule has 0 spiro atoms. The first-order valence-electron chi connectivity index (χ1n) is 8.06. The molecule has 0 saturated carbocycles. The number of rotatable bonds is 4. The second kappa shape index (κ2) is 6.07. The largest absolute Gasteiger partial charge is 0.384 e. The summed E-state index contributed by atoms with van der Waals surface area (Å²) < 4.78 is 0. The summed E-state index contributed by atoms with van der Waals surface area (Å²) in [6.07, 6.45) is 3.79. The van der Waals surface area contributed by atoms with Crippen molar-refractivity contribution in [3.63, 3.8) is 0 Å². The minimum atomic E-state index is -0.542. The molecule has 0 saturated heterocycles. The summed E-state index contributed by atoms with van der Waals surface area (Å²) in [6.45, 7) is 0. The van der Waals surface area contributed by atoms with Gasteiger partial charge in [0.25, 0.3) is 0 Å². The van der Waals surface area contributed by atoms with Crippen molar-refractivity contribution in [3.8, 4) is 11.3 Å². The predicted octanol–water partition coefficient (Wildman–Crippen LogP) is 3.60. The summed E-state index contributed by atoms with van der Waals surface area (Å²) in [5, 5.41) is 10.1. The monoisotopic (exact) mass is 317 g/mol. The van der Waals surface area contributed by atoms with Gasteiger partial charge in [-0.15, -0.1) is 0 Å². The quantitative estimate of drug-likeness (QED) is 0.688. The molecule has 1 heterocycles. The second-order valence-corrected chi connectivity index (χ2v) is 6.08. The lowest BCUT2D eigenvalue weighted by atomic mass is 10.00. The number of hydrogen-bond acceptors (Lipinski definition) is 3. The Morgan fingerprint density at radius 1 is 1.08 bits per heavy atom. The maximum absolute atomic E-state index is 10.1. The van der Waals surface area contributed by atoms with E-state index in [1.54, 1.807) is 0 Å². The topological polar surface area (TPSA) is 74.9 Å². The van der Waals surface area contributed by atoms with Crippen molar-refractivity contribution >= 4 is 5.57 Å². The molecule has 4 N–H and O–H groups in total. The van der Waals surface area contributed by atoms with Crippen LogP contribution in [-0.4, -0.2) is 15.1 Å². The normalized spacial score (nSPS) is 17.4.